The number of rotatable bonds is 6. The van der Waals surface area contributed by atoms with Crippen LogP contribution in [-0.4, -0.2) is 68.8 Å². The molecule has 0 saturated carbocycles. The molecule has 21 heavy (non-hydrogen) atoms. The molecule has 1 aromatic rings. The third-order valence-corrected chi connectivity index (χ3v) is 3.46. The van der Waals surface area contributed by atoms with Gasteiger partial charge in [-0.2, -0.15) is 0 Å². The van der Waals surface area contributed by atoms with Crippen molar-refractivity contribution in [3.63, 3.8) is 0 Å². The van der Waals surface area contributed by atoms with Crippen molar-refractivity contribution in [2.24, 2.45) is 0 Å². The van der Waals surface area contributed by atoms with Gasteiger partial charge in [0, 0.05) is 33.2 Å². The van der Waals surface area contributed by atoms with Crippen LogP contribution in [-0.2, 0) is 9.53 Å². The molecule has 1 aliphatic heterocycles. The Morgan fingerprint density at radius 3 is 2.67 bits per heavy atom. The summed E-state index contributed by atoms with van der Waals surface area (Å²) in [5.74, 6) is 0.0789. The Bertz CT molecular complexity index is 447. The molecule has 1 aliphatic rings. The minimum absolute atomic E-state index is 0.0365. The van der Waals surface area contributed by atoms with E-state index < -0.39 is 0 Å². The molecule has 0 bridgehead atoms. The van der Waals surface area contributed by atoms with Gasteiger partial charge in [-0.15, -0.1) is 0 Å². The standard InChI is InChI=1S/C15H21FN2O3/c1-17(6-7-18-8-10-20-11-9-18)15(19)12-21-14-4-2-13(16)3-5-14/h2-5H,6-12H2,1H3. The Kier molecular flexibility index (Phi) is 5.95. The van der Waals surface area contributed by atoms with Gasteiger partial charge in [0.05, 0.1) is 13.2 Å². The Balaban J connectivity index is 1.68. The van der Waals surface area contributed by atoms with Crippen molar-refractivity contribution in [3.8, 4) is 5.75 Å². The van der Waals surface area contributed by atoms with E-state index >= 15 is 0 Å². The molecule has 2 rings (SSSR count). The molecule has 1 fully saturated rings. The Hall–Kier alpha value is -1.66. The summed E-state index contributed by atoms with van der Waals surface area (Å²) in [6.07, 6.45) is 0. The number of carbonyl (C=O) groups is 1. The zero-order valence-corrected chi connectivity index (χ0v) is 12.3. The first-order valence-corrected chi connectivity index (χ1v) is 7.07. The molecule has 116 valence electrons. The Labute approximate surface area is 124 Å². The van der Waals surface area contributed by atoms with Crippen molar-refractivity contribution in [3.05, 3.63) is 30.1 Å². The minimum Gasteiger partial charge on any atom is -0.484 e. The van der Waals surface area contributed by atoms with Crippen LogP contribution in [0.15, 0.2) is 24.3 Å². The van der Waals surface area contributed by atoms with E-state index in [0.717, 1.165) is 32.8 Å². The molecule has 1 aromatic carbocycles. The van der Waals surface area contributed by atoms with Crippen LogP contribution in [0.25, 0.3) is 0 Å². The number of halogens is 1. The maximum atomic E-state index is 12.7. The van der Waals surface area contributed by atoms with E-state index in [1.54, 1.807) is 11.9 Å². The van der Waals surface area contributed by atoms with Crippen molar-refractivity contribution < 1.29 is 18.7 Å². The lowest BCUT2D eigenvalue weighted by Crippen LogP contribution is -2.42. The molecule has 0 radical (unpaired) electrons. The minimum atomic E-state index is -0.323. The third kappa shape index (κ3) is 5.32. The molecule has 0 N–H and O–H groups in total. The fourth-order valence-corrected chi connectivity index (χ4v) is 2.03. The zero-order chi connectivity index (χ0) is 15.1. The molecule has 5 nitrogen and oxygen atoms in total. The molecule has 6 heteroatoms. The van der Waals surface area contributed by atoms with Gasteiger partial charge in [-0.3, -0.25) is 9.69 Å². The predicted molar refractivity (Wildman–Crippen MR) is 76.8 cm³/mol. The van der Waals surface area contributed by atoms with Gasteiger partial charge in [0.25, 0.3) is 5.91 Å². The van der Waals surface area contributed by atoms with E-state index in [9.17, 15) is 9.18 Å². The highest BCUT2D eigenvalue weighted by atomic mass is 19.1. The van der Waals surface area contributed by atoms with Crippen LogP contribution in [0.3, 0.4) is 0 Å². The summed E-state index contributed by atoms with van der Waals surface area (Å²) in [5.41, 5.74) is 0. The fraction of sp³-hybridized carbons (Fsp3) is 0.533. The SMILES string of the molecule is CN(CCN1CCOCC1)C(=O)COc1ccc(F)cc1. The van der Waals surface area contributed by atoms with Crippen LogP contribution in [0, 0.1) is 5.82 Å². The number of morpholine rings is 1. The van der Waals surface area contributed by atoms with Gasteiger partial charge in [0.15, 0.2) is 6.61 Å². The first-order valence-electron chi connectivity index (χ1n) is 7.07. The second-order valence-corrected chi connectivity index (χ2v) is 5.01. The average Bonchev–Trinajstić information content (AvgIpc) is 2.52. The van der Waals surface area contributed by atoms with E-state index in [4.69, 9.17) is 9.47 Å². The van der Waals surface area contributed by atoms with E-state index in [1.807, 2.05) is 0 Å². The molecular formula is C15H21FN2O3. The molecule has 1 amide bonds. The number of ether oxygens (including phenoxy) is 2. The van der Waals surface area contributed by atoms with Crippen LogP contribution < -0.4 is 4.74 Å². The van der Waals surface area contributed by atoms with Crippen LogP contribution in [0.1, 0.15) is 0 Å². The van der Waals surface area contributed by atoms with Crippen LogP contribution in [0.5, 0.6) is 5.75 Å². The van der Waals surface area contributed by atoms with Gasteiger partial charge < -0.3 is 14.4 Å². The monoisotopic (exact) mass is 296 g/mol. The lowest BCUT2D eigenvalue weighted by atomic mass is 10.3. The van der Waals surface area contributed by atoms with E-state index in [2.05, 4.69) is 4.90 Å². The molecule has 1 saturated heterocycles. The molecule has 0 unspecified atom stereocenters. The maximum Gasteiger partial charge on any atom is 0.260 e. The van der Waals surface area contributed by atoms with E-state index in [0.29, 0.717) is 12.3 Å². The number of hydrogen-bond donors (Lipinski definition) is 0. The van der Waals surface area contributed by atoms with Crippen molar-refractivity contribution in [1.29, 1.82) is 0 Å². The summed E-state index contributed by atoms with van der Waals surface area (Å²) in [7, 11) is 1.76. The van der Waals surface area contributed by atoms with Crippen molar-refractivity contribution >= 4 is 5.91 Å². The zero-order valence-electron chi connectivity index (χ0n) is 12.3. The number of hydrogen-bond acceptors (Lipinski definition) is 4. The molecule has 0 spiro atoms. The third-order valence-electron chi connectivity index (χ3n) is 3.46. The van der Waals surface area contributed by atoms with Gasteiger partial charge in [0.2, 0.25) is 0 Å². The second kappa shape index (κ2) is 7.95. The maximum absolute atomic E-state index is 12.7. The highest BCUT2D eigenvalue weighted by molar-refractivity contribution is 5.77. The highest BCUT2D eigenvalue weighted by Gasteiger charge is 2.14. The highest BCUT2D eigenvalue weighted by Crippen LogP contribution is 2.11. The van der Waals surface area contributed by atoms with Crippen molar-refractivity contribution in [2.45, 2.75) is 0 Å². The largest absolute Gasteiger partial charge is 0.484 e. The molecule has 1 heterocycles. The van der Waals surface area contributed by atoms with Crippen molar-refractivity contribution in [1.82, 2.24) is 9.80 Å². The number of amides is 1. The van der Waals surface area contributed by atoms with E-state index in [1.165, 1.54) is 24.3 Å². The van der Waals surface area contributed by atoms with Crippen molar-refractivity contribution in [2.75, 3.05) is 53.0 Å². The molecular weight excluding hydrogens is 275 g/mol. The summed E-state index contributed by atoms with van der Waals surface area (Å²) in [6, 6.07) is 5.64. The van der Waals surface area contributed by atoms with Gasteiger partial charge in [-0.25, -0.2) is 4.39 Å². The molecule has 0 atom stereocenters. The first-order chi connectivity index (χ1) is 10.1. The first kappa shape index (κ1) is 15.7. The molecule has 0 aliphatic carbocycles. The Morgan fingerprint density at radius 1 is 1.33 bits per heavy atom. The van der Waals surface area contributed by atoms with Crippen LogP contribution in [0.2, 0.25) is 0 Å². The summed E-state index contributed by atoms with van der Waals surface area (Å²) < 4.78 is 23.4. The lowest BCUT2D eigenvalue weighted by molar-refractivity contribution is -0.132. The quantitative estimate of drug-likeness (QED) is 0.785. The van der Waals surface area contributed by atoms with E-state index in [-0.39, 0.29) is 18.3 Å². The summed E-state index contributed by atoms with van der Waals surface area (Å²) >= 11 is 0. The number of carbonyl (C=O) groups excluding carboxylic acids is 1. The summed E-state index contributed by atoms with van der Waals surface area (Å²) in [4.78, 5) is 15.9. The van der Waals surface area contributed by atoms with Gasteiger partial charge in [-0.05, 0) is 24.3 Å². The predicted octanol–water partition coefficient (Wildman–Crippen LogP) is 0.995. The smallest absolute Gasteiger partial charge is 0.260 e. The topological polar surface area (TPSA) is 42.0 Å². The average molecular weight is 296 g/mol. The number of benzene rings is 1. The van der Waals surface area contributed by atoms with Crippen LogP contribution >= 0.6 is 0 Å². The molecule has 0 aromatic heterocycles. The second-order valence-electron chi connectivity index (χ2n) is 5.01. The van der Waals surface area contributed by atoms with Gasteiger partial charge in [-0.1, -0.05) is 0 Å². The summed E-state index contributed by atoms with van der Waals surface area (Å²) in [5, 5.41) is 0. The summed E-state index contributed by atoms with van der Waals surface area (Å²) in [6.45, 7) is 4.79. The Morgan fingerprint density at radius 2 is 2.00 bits per heavy atom. The fourth-order valence-electron chi connectivity index (χ4n) is 2.03. The van der Waals surface area contributed by atoms with Gasteiger partial charge in [0.1, 0.15) is 11.6 Å². The normalized spacial score (nSPS) is 15.7. The number of likely N-dealkylation sites (N-methyl/N-ethyl adjacent to an activating group) is 1. The van der Waals surface area contributed by atoms with Crippen LogP contribution in [0.4, 0.5) is 4.39 Å². The van der Waals surface area contributed by atoms with Gasteiger partial charge >= 0.3 is 0 Å². The lowest BCUT2D eigenvalue weighted by Gasteiger charge is -2.28. The number of nitrogens with zero attached hydrogens (tertiary/aromatic N) is 2.